The molecule has 0 unspecified atom stereocenters. The number of hydrogen-bond acceptors (Lipinski definition) is 3. The normalized spacial score (nSPS) is 20.8. The van der Waals surface area contributed by atoms with Gasteiger partial charge in [0.1, 0.15) is 0 Å². The molecule has 104 valence electrons. The Balaban J connectivity index is 1.85. The molecular formula is C14H11Br2NO2S. The fourth-order valence-electron chi connectivity index (χ4n) is 2.46. The van der Waals surface area contributed by atoms with Crippen molar-refractivity contribution in [2.45, 2.75) is 18.6 Å². The molecule has 0 fully saturated rings. The molecule has 20 heavy (non-hydrogen) atoms. The van der Waals surface area contributed by atoms with Crippen LogP contribution in [0.5, 0.6) is 0 Å². The lowest BCUT2D eigenvalue weighted by atomic mass is 10.1. The number of nitrogens with one attached hydrogen (secondary N) is 1. The zero-order chi connectivity index (χ0) is 14.3. The second kappa shape index (κ2) is 5.60. The first-order chi connectivity index (χ1) is 9.56. The highest BCUT2D eigenvalue weighted by Crippen LogP contribution is 2.34. The lowest BCUT2D eigenvalue weighted by Crippen LogP contribution is -2.33. The van der Waals surface area contributed by atoms with Crippen LogP contribution in [0.2, 0.25) is 0 Å². The van der Waals surface area contributed by atoms with E-state index in [0.717, 1.165) is 18.7 Å². The SMILES string of the molecule is O=C(N[C@@H]1c2ccccc2C[C@@H]1O)c1cc(Br)sc1Br. The maximum atomic E-state index is 12.3. The third-order valence-corrected chi connectivity index (χ3v) is 5.73. The maximum Gasteiger partial charge on any atom is 0.253 e. The van der Waals surface area contributed by atoms with Crippen LogP contribution in [0.25, 0.3) is 0 Å². The monoisotopic (exact) mass is 415 g/mol. The number of amides is 1. The van der Waals surface area contributed by atoms with Gasteiger partial charge in [-0.15, -0.1) is 11.3 Å². The first-order valence-corrected chi connectivity index (χ1v) is 8.48. The Morgan fingerprint density at radius 1 is 1.35 bits per heavy atom. The van der Waals surface area contributed by atoms with Gasteiger partial charge < -0.3 is 10.4 Å². The summed E-state index contributed by atoms with van der Waals surface area (Å²) in [5.41, 5.74) is 2.67. The first-order valence-electron chi connectivity index (χ1n) is 6.08. The standard InChI is InChI=1S/C14H11Br2NO2S/c15-11-6-9(13(16)20-11)14(19)17-12-8-4-2-1-3-7(8)5-10(12)18/h1-4,6,10,12,18H,5H2,(H,17,19)/t10-,12+/m0/s1. The van der Waals surface area contributed by atoms with Crippen molar-refractivity contribution in [1.82, 2.24) is 5.32 Å². The van der Waals surface area contributed by atoms with Crippen LogP contribution in [0.1, 0.15) is 27.5 Å². The predicted molar refractivity (Wildman–Crippen MR) is 86.1 cm³/mol. The zero-order valence-electron chi connectivity index (χ0n) is 10.3. The Labute approximate surface area is 137 Å². The van der Waals surface area contributed by atoms with Crippen LogP contribution in [0.3, 0.4) is 0 Å². The lowest BCUT2D eigenvalue weighted by Gasteiger charge is -2.17. The molecule has 0 saturated carbocycles. The number of halogens is 2. The van der Waals surface area contributed by atoms with Gasteiger partial charge in [0.15, 0.2) is 0 Å². The van der Waals surface area contributed by atoms with Gasteiger partial charge in [0.25, 0.3) is 5.91 Å². The number of benzene rings is 1. The summed E-state index contributed by atoms with van der Waals surface area (Å²) in [6.45, 7) is 0. The molecule has 0 saturated heterocycles. The minimum Gasteiger partial charge on any atom is -0.390 e. The Kier molecular flexibility index (Phi) is 3.99. The van der Waals surface area contributed by atoms with Gasteiger partial charge in [-0.1, -0.05) is 24.3 Å². The Morgan fingerprint density at radius 2 is 2.10 bits per heavy atom. The van der Waals surface area contributed by atoms with E-state index in [1.807, 2.05) is 24.3 Å². The van der Waals surface area contributed by atoms with Crippen molar-refractivity contribution >= 4 is 49.1 Å². The second-order valence-electron chi connectivity index (χ2n) is 4.66. The van der Waals surface area contributed by atoms with E-state index in [1.165, 1.54) is 11.3 Å². The number of thiophene rings is 1. The molecule has 1 amide bonds. The van der Waals surface area contributed by atoms with Gasteiger partial charge in [-0.05, 0) is 49.1 Å². The van der Waals surface area contributed by atoms with Crippen LogP contribution in [0.4, 0.5) is 0 Å². The van der Waals surface area contributed by atoms with Crippen molar-refractivity contribution in [3.63, 3.8) is 0 Å². The minimum absolute atomic E-state index is 0.181. The van der Waals surface area contributed by atoms with Crippen molar-refractivity contribution in [2.75, 3.05) is 0 Å². The quantitative estimate of drug-likeness (QED) is 0.784. The van der Waals surface area contributed by atoms with Crippen molar-refractivity contribution in [3.05, 3.63) is 54.6 Å². The molecule has 1 aliphatic rings. The van der Waals surface area contributed by atoms with E-state index in [4.69, 9.17) is 0 Å². The first kappa shape index (κ1) is 14.3. The number of carbonyl (C=O) groups excluding carboxylic acids is 1. The van der Waals surface area contributed by atoms with Crippen molar-refractivity contribution in [3.8, 4) is 0 Å². The van der Waals surface area contributed by atoms with Gasteiger partial charge in [-0.3, -0.25) is 4.79 Å². The summed E-state index contributed by atoms with van der Waals surface area (Å²) in [6, 6.07) is 9.24. The van der Waals surface area contributed by atoms with Crippen LogP contribution in [-0.4, -0.2) is 17.1 Å². The Hall–Kier alpha value is -0.690. The summed E-state index contributed by atoms with van der Waals surface area (Å²) in [5, 5.41) is 13.1. The number of aliphatic hydroxyl groups excluding tert-OH is 1. The van der Waals surface area contributed by atoms with Gasteiger partial charge in [0.2, 0.25) is 0 Å². The third kappa shape index (κ3) is 2.57. The predicted octanol–water partition coefficient (Wildman–Crippen LogP) is 3.66. The Morgan fingerprint density at radius 3 is 2.80 bits per heavy atom. The van der Waals surface area contributed by atoms with Crippen LogP contribution >= 0.6 is 43.2 Å². The highest BCUT2D eigenvalue weighted by molar-refractivity contribution is 9.12. The molecule has 0 aliphatic heterocycles. The molecule has 1 aliphatic carbocycles. The molecule has 0 radical (unpaired) electrons. The van der Waals surface area contributed by atoms with Crippen molar-refractivity contribution in [1.29, 1.82) is 0 Å². The fourth-order valence-corrected chi connectivity index (χ4v) is 5.26. The van der Waals surface area contributed by atoms with E-state index in [0.29, 0.717) is 12.0 Å². The van der Waals surface area contributed by atoms with Crippen LogP contribution in [-0.2, 0) is 6.42 Å². The number of fused-ring (bicyclic) bond motifs is 1. The van der Waals surface area contributed by atoms with Gasteiger partial charge in [-0.25, -0.2) is 0 Å². The van der Waals surface area contributed by atoms with E-state index in [2.05, 4.69) is 37.2 Å². The number of aliphatic hydroxyl groups is 1. The molecule has 1 aromatic heterocycles. The number of carbonyl (C=O) groups is 1. The van der Waals surface area contributed by atoms with Gasteiger partial charge in [0.05, 0.1) is 25.3 Å². The average molecular weight is 417 g/mol. The topological polar surface area (TPSA) is 49.3 Å². The van der Waals surface area contributed by atoms with Gasteiger partial charge in [-0.2, -0.15) is 0 Å². The maximum absolute atomic E-state index is 12.3. The molecule has 2 atom stereocenters. The molecule has 0 spiro atoms. The molecule has 3 rings (SSSR count). The molecule has 3 nitrogen and oxygen atoms in total. The summed E-state index contributed by atoms with van der Waals surface area (Å²) >= 11 is 8.19. The van der Waals surface area contributed by atoms with E-state index in [1.54, 1.807) is 6.07 Å². The second-order valence-corrected chi connectivity index (χ2v) is 8.41. The molecular weight excluding hydrogens is 406 g/mol. The van der Waals surface area contributed by atoms with Crippen LogP contribution < -0.4 is 5.32 Å². The van der Waals surface area contributed by atoms with Crippen molar-refractivity contribution in [2.24, 2.45) is 0 Å². The molecule has 1 aromatic carbocycles. The summed E-state index contributed by atoms with van der Waals surface area (Å²) in [6.07, 6.45) is 0.00695. The van der Waals surface area contributed by atoms with Gasteiger partial charge in [0, 0.05) is 6.42 Å². The Bertz CT molecular complexity index is 671. The lowest BCUT2D eigenvalue weighted by molar-refractivity contribution is 0.0858. The zero-order valence-corrected chi connectivity index (χ0v) is 14.3. The fraction of sp³-hybridized carbons (Fsp3) is 0.214. The summed E-state index contributed by atoms with van der Waals surface area (Å²) in [7, 11) is 0. The van der Waals surface area contributed by atoms with E-state index >= 15 is 0 Å². The summed E-state index contributed by atoms with van der Waals surface area (Å²) in [5.74, 6) is -0.181. The number of rotatable bonds is 2. The van der Waals surface area contributed by atoms with E-state index in [-0.39, 0.29) is 11.9 Å². The molecule has 1 heterocycles. The van der Waals surface area contributed by atoms with Crippen LogP contribution in [0.15, 0.2) is 37.9 Å². The van der Waals surface area contributed by atoms with E-state index in [9.17, 15) is 9.90 Å². The van der Waals surface area contributed by atoms with E-state index < -0.39 is 6.10 Å². The summed E-state index contributed by atoms with van der Waals surface area (Å²) in [4.78, 5) is 12.3. The minimum atomic E-state index is -0.572. The third-order valence-electron chi connectivity index (χ3n) is 3.39. The molecule has 2 aromatic rings. The molecule has 2 N–H and O–H groups in total. The molecule has 0 bridgehead atoms. The smallest absolute Gasteiger partial charge is 0.253 e. The average Bonchev–Trinajstić information content (AvgIpc) is 2.90. The number of hydrogen-bond donors (Lipinski definition) is 2. The van der Waals surface area contributed by atoms with Crippen LogP contribution in [0, 0.1) is 0 Å². The van der Waals surface area contributed by atoms with Gasteiger partial charge >= 0.3 is 0 Å². The van der Waals surface area contributed by atoms with Crippen molar-refractivity contribution < 1.29 is 9.90 Å². The highest BCUT2D eigenvalue weighted by Gasteiger charge is 2.32. The summed E-state index contributed by atoms with van der Waals surface area (Å²) < 4.78 is 1.67. The highest BCUT2D eigenvalue weighted by atomic mass is 79.9. The largest absolute Gasteiger partial charge is 0.390 e. The molecule has 6 heteroatoms.